The number of halogens is 1. The van der Waals surface area contributed by atoms with Gasteiger partial charge in [0.1, 0.15) is 11.6 Å². The smallest absolute Gasteiger partial charge is 0.165 e. The van der Waals surface area contributed by atoms with Crippen molar-refractivity contribution in [3.05, 3.63) is 42.0 Å². The Morgan fingerprint density at radius 1 is 1.47 bits per heavy atom. The van der Waals surface area contributed by atoms with Crippen molar-refractivity contribution >= 4 is 0 Å². The number of hydrogen-bond donors (Lipinski definition) is 1. The average Bonchev–Trinajstić information content (AvgIpc) is 2.78. The maximum atomic E-state index is 13.3. The van der Waals surface area contributed by atoms with Crippen LogP contribution in [-0.2, 0) is 13.5 Å². The van der Waals surface area contributed by atoms with Gasteiger partial charge in [-0.05, 0) is 36.6 Å². The van der Waals surface area contributed by atoms with Gasteiger partial charge in [-0.2, -0.15) is 5.10 Å². The Labute approximate surface area is 112 Å². The normalized spacial score (nSPS) is 12.4. The third kappa shape index (κ3) is 3.54. The maximum absolute atomic E-state index is 13.3. The van der Waals surface area contributed by atoms with Crippen molar-refractivity contribution in [3.63, 3.8) is 0 Å². The molecule has 0 saturated carbocycles. The summed E-state index contributed by atoms with van der Waals surface area (Å²) in [5, 5.41) is 4.03. The molecule has 2 N–H and O–H groups in total. The van der Waals surface area contributed by atoms with E-state index in [1.165, 1.54) is 12.1 Å². The molecule has 1 atom stereocenters. The highest BCUT2D eigenvalue weighted by Crippen LogP contribution is 2.26. The van der Waals surface area contributed by atoms with Gasteiger partial charge in [0.25, 0.3) is 0 Å². The number of ether oxygens (including phenoxy) is 1. The van der Waals surface area contributed by atoms with Crippen molar-refractivity contribution in [1.29, 1.82) is 0 Å². The van der Waals surface area contributed by atoms with Gasteiger partial charge in [-0.15, -0.1) is 0 Å². The predicted octanol–water partition coefficient (Wildman–Crippen LogP) is 2.63. The van der Waals surface area contributed by atoms with E-state index < -0.39 is 0 Å². The molecule has 1 aromatic heterocycles. The fourth-order valence-corrected chi connectivity index (χ4v) is 1.81. The van der Waals surface area contributed by atoms with Crippen LogP contribution in [0, 0.1) is 5.82 Å². The van der Waals surface area contributed by atoms with E-state index in [-0.39, 0.29) is 11.9 Å². The van der Waals surface area contributed by atoms with Crippen LogP contribution in [0.1, 0.15) is 18.9 Å². The minimum Gasteiger partial charge on any atom is -0.454 e. The quantitative estimate of drug-likeness (QED) is 0.902. The van der Waals surface area contributed by atoms with Crippen LogP contribution in [0.2, 0.25) is 0 Å². The van der Waals surface area contributed by atoms with E-state index in [0.29, 0.717) is 17.9 Å². The number of nitrogens with two attached hydrogens (primary N) is 1. The van der Waals surface area contributed by atoms with Gasteiger partial charge in [0, 0.05) is 13.1 Å². The Hall–Kier alpha value is -1.88. The van der Waals surface area contributed by atoms with Crippen LogP contribution in [0.25, 0.3) is 0 Å². The SMILES string of the molecule is CCC(N)Cc1cc(F)ccc1Oc1cnn(C)c1. The molecule has 102 valence electrons. The molecule has 0 spiro atoms. The van der Waals surface area contributed by atoms with Gasteiger partial charge >= 0.3 is 0 Å². The molecule has 0 fully saturated rings. The number of aromatic nitrogens is 2. The van der Waals surface area contributed by atoms with Gasteiger partial charge in [0.2, 0.25) is 0 Å². The molecule has 5 heteroatoms. The lowest BCUT2D eigenvalue weighted by Crippen LogP contribution is -2.21. The fourth-order valence-electron chi connectivity index (χ4n) is 1.81. The number of rotatable bonds is 5. The highest BCUT2D eigenvalue weighted by Gasteiger charge is 2.11. The minimum absolute atomic E-state index is 0.00181. The van der Waals surface area contributed by atoms with Crippen molar-refractivity contribution in [1.82, 2.24) is 9.78 Å². The van der Waals surface area contributed by atoms with Crippen LogP contribution < -0.4 is 10.5 Å². The molecule has 0 bridgehead atoms. The lowest BCUT2D eigenvalue weighted by atomic mass is 10.0. The molecule has 0 amide bonds. The van der Waals surface area contributed by atoms with Crippen molar-refractivity contribution in [2.75, 3.05) is 0 Å². The van der Waals surface area contributed by atoms with Crippen molar-refractivity contribution in [3.8, 4) is 11.5 Å². The summed E-state index contributed by atoms with van der Waals surface area (Å²) in [6, 6.07) is 4.48. The summed E-state index contributed by atoms with van der Waals surface area (Å²) in [6.07, 6.45) is 4.80. The fraction of sp³-hybridized carbons (Fsp3) is 0.357. The Bertz CT molecular complexity index is 553. The molecule has 1 unspecified atom stereocenters. The Kier molecular flexibility index (Phi) is 4.16. The van der Waals surface area contributed by atoms with Gasteiger partial charge in [-0.3, -0.25) is 4.68 Å². The van der Waals surface area contributed by atoms with Gasteiger partial charge in [0.15, 0.2) is 5.75 Å². The Morgan fingerprint density at radius 2 is 2.26 bits per heavy atom. The summed E-state index contributed by atoms with van der Waals surface area (Å²) in [4.78, 5) is 0. The van der Waals surface area contributed by atoms with E-state index in [1.807, 2.05) is 14.0 Å². The second kappa shape index (κ2) is 5.84. The van der Waals surface area contributed by atoms with Crippen molar-refractivity contribution in [2.45, 2.75) is 25.8 Å². The second-order valence-electron chi connectivity index (χ2n) is 4.58. The summed E-state index contributed by atoms with van der Waals surface area (Å²) < 4.78 is 20.7. The summed E-state index contributed by atoms with van der Waals surface area (Å²) >= 11 is 0. The molecular weight excluding hydrogens is 245 g/mol. The molecule has 2 aromatic rings. The molecule has 2 rings (SSSR count). The number of benzene rings is 1. The summed E-state index contributed by atoms with van der Waals surface area (Å²) in [7, 11) is 1.81. The first kappa shape index (κ1) is 13.5. The van der Waals surface area contributed by atoms with Crippen LogP contribution in [0.5, 0.6) is 11.5 Å². The lowest BCUT2D eigenvalue weighted by Gasteiger charge is -2.13. The third-order valence-corrected chi connectivity index (χ3v) is 2.94. The monoisotopic (exact) mass is 263 g/mol. The zero-order valence-electron chi connectivity index (χ0n) is 11.1. The van der Waals surface area contributed by atoms with E-state index in [1.54, 1.807) is 23.1 Å². The van der Waals surface area contributed by atoms with Gasteiger partial charge in [0.05, 0.1) is 12.4 Å². The van der Waals surface area contributed by atoms with Gasteiger partial charge in [-0.1, -0.05) is 6.92 Å². The van der Waals surface area contributed by atoms with Crippen LogP contribution in [0.3, 0.4) is 0 Å². The van der Waals surface area contributed by atoms with E-state index in [0.717, 1.165) is 12.0 Å². The average molecular weight is 263 g/mol. The molecule has 1 heterocycles. The first-order valence-corrected chi connectivity index (χ1v) is 6.29. The standard InChI is InChI=1S/C14H18FN3O/c1-3-12(16)7-10-6-11(15)4-5-14(10)19-13-8-17-18(2)9-13/h4-6,8-9,12H,3,7,16H2,1-2H3. The largest absolute Gasteiger partial charge is 0.454 e. The van der Waals surface area contributed by atoms with Crippen LogP contribution in [-0.4, -0.2) is 15.8 Å². The van der Waals surface area contributed by atoms with Crippen LogP contribution in [0.4, 0.5) is 4.39 Å². The Balaban J connectivity index is 2.23. The molecular formula is C14H18FN3O. The van der Waals surface area contributed by atoms with Crippen molar-refractivity contribution < 1.29 is 9.13 Å². The second-order valence-corrected chi connectivity index (χ2v) is 4.58. The highest BCUT2D eigenvalue weighted by molar-refractivity contribution is 5.37. The van der Waals surface area contributed by atoms with Crippen LogP contribution >= 0.6 is 0 Å². The van der Waals surface area contributed by atoms with Gasteiger partial charge in [-0.25, -0.2) is 4.39 Å². The highest BCUT2D eigenvalue weighted by atomic mass is 19.1. The molecule has 0 aliphatic heterocycles. The molecule has 0 saturated heterocycles. The molecule has 4 nitrogen and oxygen atoms in total. The molecule has 0 radical (unpaired) electrons. The zero-order chi connectivity index (χ0) is 13.8. The number of nitrogens with zero attached hydrogens (tertiary/aromatic N) is 2. The van der Waals surface area contributed by atoms with Crippen LogP contribution in [0.15, 0.2) is 30.6 Å². The number of aryl methyl sites for hydroxylation is 1. The minimum atomic E-state index is -0.281. The molecule has 0 aliphatic rings. The predicted molar refractivity (Wildman–Crippen MR) is 71.7 cm³/mol. The molecule has 19 heavy (non-hydrogen) atoms. The first-order chi connectivity index (χ1) is 9.08. The number of hydrogen-bond acceptors (Lipinski definition) is 3. The third-order valence-electron chi connectivity index (χ3n) is 2.94. The maximum Gasteiger partial charge on any atom is 0.165 e. The van der Waals surface area contributed by atoms with E-state index in [2.05, 4.69) is 5.10 Å². The zero-order valence-corrected chi connectivity index (χ0v) is 11.1. The van der Waals surface area contributed by atoms with Crippen molar-refractivity contribution in [2.24, 2.45) is 12.8 Å². The van der Waals surface area contributed by atoms with Gasteiger partial charge < -0.3 is 10.5 Å². The lowest BCUT2D eigenvalue weighted by molar-refractivity contribution is 0.468. The summed E-state index contributed by atoms with van der Waals surface area (Å²) in [6.45, 7) is 2.01. The Morgan fingerprint density at radius 3 is 2.89 bits per heavy atom. The van der Waals surface area contributed by atoms with E-state index in [4.69, 9.17) is 10.5 Å². The summed E-state index contributed by atoms with van der Waals surface area (Å²) in [5.41, 5.74) is 6.70. The topological polar surface area (TPSA) is 53.1 Å². The molecule has 0 aliphatic carbocycles. The van der Waals surface area contributed by atoms with E-state index in [9.17, 15) is 4.39 Å². The summed E-state index contributed by atoms with van der Waals surface area (Å²) in [5.74, 6) is 0.968. The first-order valence-electron chi connectivity index (χ1n) is 6.29. The molecule has 1 aromatic carbocycles. The van der Waals surface area contributed by atoms with E-state index >= 15 is 0 Å².